The number of carbonyl (C=O) groups is 11. The average Bonchev–Trinajstić information content (AvgIpc) is 3.30. The molecule has 24 heteroatoms. The monoisotopic (exact) mass is 1280 g/mol. The molecule has 1 unspecified atom stereocenters. The van der Waals surface area contributed by atoms with Gasteiger partial charge in [-0.2, -0.15) is 0 Å². The van der Waals surface area contributed by atoms with Crippen LogP contribution in [0.3, 0.4) is 0 Å². The zero-order valence-corrected chi connectivity index (χ0v) is 59.1. The van der Waals surface area contributed by atoms with Crippen LogP contribution in [0.25, 0.3) is 0 Å². The Kier molecular flexibility index (Phi) is 32.8. The third-order valence-corrected chi connectivity index (χ3v) is 17.2. The van der Waals surface area contributed by atoms with Crippen molar-refractivity contribution in [1.82, 2.24) is 55.6 Å². The smallest absolute Gasteiger partial charge is 0.246 e. The molecule has 1 saturated heterocycles. The summed E-state index contributed by atoms with van der Waals surface area (Å²) in [5, 5.41) is 23.4. The number of benzene rings is 1. The quantitative estimate of drug-likeness (QED) is 0.131. The van der Waals surface area contributed by atoms with Crippen molar-refractivity contribution in [3.05, 3.63) is 35.9 Å². The molecule has 11 amide bonds. The van der Waals surface area contributed by atoms with E-state index in [0.717, 1.165) is 15.4 Å². The van der Waals surface area contributed by atoms with E-state index in [0.29, 0.717) is 0 Å². The number of carbonyl (C=O) groups excluding carboxylic acids is 11. The number of nitrogens with one attached hydrogen (secondary N) is 4. The second-order valence-corrected chi connectivity index (χ2v) is 27.6. The van der Waals surface area contributed by atoms with E-state index in [-0.39, 0.29) is 75.4 Å². The highest BCUT2D eigenvalue weighted by Crippen LogP contribution is 2.26. The van der Waals surface area contributed by atoms with Gasteiger partial charge in [0.2, 0.25) is 65.0 Å². The van der Waals surface area contributed by atoms with Crippen LogP contribution < -0.4 is 21.3 Å². The van der Waals surface area contributed by atoms with Crippen molar-refractivity contribution in [3.8, 4) is 0 Å². The molecule has 2 rings (SSSR count). The lowest BCUT2D eigenvalue weighted by molar-refractivity contribution is -0.157. The van der Waals surface area contributed by atoms with E-state index >= 15 is 19.2 Å². The fourth-order valence-corrected chi connectivity index (χ4v) is 11.4. The van der Waals surface area contributed by atoms with Gasteiger partial charge in [-0.15, -0.1) is 0 Å². The Labute approximate surface area is 543 Å². The Morgan fingerprint density at radius 3 is 1.40 bits per heavy atom. The van der Waals surface area contributed by atoms with Crippen molar-refractivity contribution in [2.75, 3.05) is 62.5 Å². The van der Waals surface area contributed by atoms with Gasteiger partial charge in [0.25, 0.3) is 0 Å². The van der Waals surface area contributed by atoms with Crippen molar-refractivity contribution < 1.29 is 62.6 Å². The van der Waals surface area contributed by atoms with Crippen LogP contribution in [-0.4, -0.2) is 233 Å². The van der Waals surface area contributed by atoms with E-state index in [2.05, 4.69) is 21.3 Å². The summed E-state index contributed by atoms with van der Waals surface area (Å²) in [5.41, 5.74) is 0.924. The number of hydrogen-bond donors (Lipinski definition) is 5. The third kappa shape index (κ3) is 23.1. The molecular formula is C67H115N11O13. The highest BCUT2D eigenvalue weighted by atomic mass is 16.5. The molecule has 1 aromatic rings. The van der Waals surface area contributed by atoms with Crippen LogP contribution >= 0.6 is 0 Å². The van der Waals surface area contributed by atoms with Crippen LogP contribution in [0.1, 0.15) is 155 Å². The van der Waals surface area contributed by atoms with Gasteiger partial charge in [-0.1, -0.05) is 127 Å². The average molecular weight is 1280 g/mol. The van der Waals surface area contributed by atoms with E-state index in [4.69, 9.17) is 4.74 Å². The Bertz CT molecular complexity index is 2600. The van der Waals surface area contributed by atoms with Crippen LogP contribution in [0.4, 0.5) is 0 Å². The lowest BCUT2D eigenvalue weighted by atomic mass is 9.91. The van der Waals surface area contributed by atoms with Crippen LogP contribution in [-0.2, 0) is 64.1 Å². The lowest BCUT2D eigenvalue weighted by Gasteiger charge is -2.41. The number of likely N-dealkylation sites (N-methyl/N-ethyl adjacent to an activating group) is 7. The van der Waals surface area contributed by atoms with Gasteiger partial charge >= 0.3 is 0 Å². The molecule has 1 aromatic carbocycles. The number of nitrogens with zero attached hydrogens (tertiary/aromatic N) is 7. The zero-order chi connectivity index (χ0) is 69.8. The first-order valence-corrected chi connectivity index (χ1v) is 32.6. The van der Waals surface area contributed by atoms with Crippen molar-refractivity contribution in [2.45, 2.75) is 222 Å². The van der Waals surface area contributed by atoms with E-state index in [1.54, 1.807) is 41.5 Å². The number of hydrogen-bond acceptors (Lipinski definition) is 13. The highest BCUT2D eigenvalue weighted by Gasteiger charge is 2.46. The van der Waals surface area contributed by atoms with Crippen LogP contribution in [0, 0.1) is 41.4 Å². The van der Waals surface area contributed by atoms with Gasteiger partial charge < -0.3 is 65.4 Å². The normalized spacial score (nSPS) is 25.8. The second-order valence-electron chi connectivity index (χ2n) is 27.6. The number of aliphatic hydroxyl groups is 1. The first-order chi connectivity index (χ1) is 42.2. The molecule has 1 aliphatic heterocycles. The summed E-state index contributed by atoms with van der Waals surface area (Å²) in [4.78, 5) is 170. The van der Waals surface area contributed by atoms with Gasteiger partial charge in [-0.05, 0) is 99.4 Å². The molecule has 5 N–H and O–H groups in total. The third-order valence-electron chi connectivity index (χ3n) is 17.2. The van der Waals surface area contributed by atoms with Gasteiger partial charge in [0.05, 0.1) is 19.3 Å². The fraction of sp³-hybridized carbons (Fsp3) is 0.746. The van der Waals surface area contributed by atoms with Gasteiger partial charge in [0.1, 0.15) is 60.4 Å². The predicted octanol–water partition coefficient (Wildman–Crippen LogP) is 3.91. The van der Waals surface area contributed by atoms with Crippen molar-refractivity contribution in [3.63, 3.8) is 0 Å². The summed E-state index contributed by atoms with van der Waals surface area (Å²) >= 11 is 0. The Hall–Kier alpha value is -6.69. The molecule has 1 heterocycles. The minimum absolute atomic E-state index is 0.00378. The fourth-order valence-electron chi connectivity index (χ4n) is 11.4. The lowest BCUT2D eigenvalue weighted by Crippen LogP contribution is -2.63. The molecule has 24 nitrogen and oxygen atoms in total. The topological polar surface area (TPSA) is 288 Å². The number of amides is 11. The van der Waals surface area contributed by atoms with Gasteiger partial charge in [0.15, 0.2) is 0 Å². The molecule has 91 heavy (non-hydrogen) atoms. The van der Waals surface area contributed by atoms with Gasteiger partial charge in [-0.25, -0.2) is 0 Å². The van der Waals surface area contributed by atoms with Crippen LogP contribution in [0.15, 0.2) is 30.3 Å². The first-order valence-electron chi connectivity index (χ1n) is 32.6. The van der Waals surface area contributed by atoms with E-state index in [1.807, 2.05) is 85.7 Å². The minimum atomic E-state index is -1.66. The molecule has 0 spiro atoms. The summed E-state index contributed by atoms with van der Waals surface area (Å²) in [7, 11) is 9.90. The van der Waals surface area contributed by atoms with Gasteiger partial charge in [0, 0.05) is 55.9 Å². The summed E-state index contributed by atoms with van der Waals surface area (Å²) in [5.74, 6) is -9.97. The Balaban J connectivity index is 2.96. The van der Waals surface area contributed by atoms with Gasteiger partial charge in [-0.3, -0.25) is 52.7 Å². The highest BCUT2D eigenvalue weighted by molar-refractivity contribution is 5.99. The molecule has 0 aromatic heterocycles. The van der Waals surface area contributed by atoms with Crippen LogP contribution in [0.5, 0.6) is 0 Å². The maximum atomic E-state index is 15.3. The molecule has 0 aliphatic carbocycles. The van der Waals surface area contributed by atoms with Crippen molar-refractivity contribution in [2.24, 2.45) is 41.4 Å². The Morgan fingerprint density at radius 1 is 0.473 bits per heavy atom. The molecule has 12 atom stereocenters. The maximum absolute atomic E-state index is 15.3. The maximum Gasteiger partial charge on any atom is 0.246 e. The minimum Gasteiger partial charge on any atom is -0.390 e. The summed E-state index contributed by atoms with van der Waals surface area (Å²) in [6, 6.07) is -3.04. The van der Waals surface area contributed by atoms with Crippen LogP contribution in [0.2, 0.25) is 0 Å². The molecular weight excluding hydrogens is 1170 g/mol. The number of aliphatic hydroxyl groups excluding tert-OH is 1. The van der Waals surface area contributed by atoms with E-state index in [1.165, 1.54) is 87.7 Å². The second kappa shape index (κ2) is 37.1. The van der Waals surface area contributed by atoms with Crippen molar-refractivity contribution in [1.29, 1.82) is 0 Å². The summed E-state index contributed by atoms with van der Waals surface area (Å²) < 4.78 is 5.96. The van der Waals surface area contributed by atoms with E-state index in [9.17, 15) is 38.7 Å². The molecule has 1 fully saturated rings. The predicted molar refractivity (Wildman–Crippen MR) is 350 cm³/mol. The van der Waals surface area contributed by atoms with Crippen molar-refractivity contribution >= 4 is 65.0 Å². The Morgan fingerprint density at radius 2 is 0.912 bits per heavy atom. The molecule has 0 bridgehead atoms. The molecule has 1 aliphatic rings. The summed E-state index contributed by atoms with van der Waals surface area (Å²) in [6.07, 6.45) is -0.742. The SMILES string of the molecule is CC[C@@H]1NC(=O)C([C@H](O)[C@H](C)CCOCc2ccccc2)N(C)C(=O)[C@H](C(C)C)N(C)C(=O)[C@H](CC(C)C)N(C)C(=O)[C@H](CC(C)C)N(C)C(=O)[C@@H](C)NC(=O)[C@H](C)NC(=O)[C@H](CC(C)C)N(C)C(=O)[C@H](C(C)C)NC(=O)[C@H](CC(C)C)N(C)C(=O)CN(C)C1=O. The summed E-state index contributed by atoms with van der Waals surface area (Å²) in [6.45, 7) is 27.9. The molecule has 0 saturated carbocycles. The molecule has 516 valence electrons. The van der Waals surface area contributed by atoms with E-state index < -0.39 is 156 Å². The number of rotatable bonds is 18. The molecule has 0 radical (unpaired) electrons. The first kappa shape index (κ1) is 80.4. The largest absolute Gasteiger partial charge is 0.390 e. The number of ether oxygens (including phenoxy) is 1. The standard InChI is InChI=1S/C67H115N11O13/c1-24-48-63(86)72(17)36-53(79)73(18)49(32-38(2)3)60(83)71-54(42(10)11)66(89)74(19)50(33-39(4)5)59(82)68-45(15)58(81)69-46(16)62(85)75(20)51(34-40(6)7)64(87)76(21)52(35-41(8)9)65(88)77(22)55(43(12)13)67(90)78(23)56(61(84)70-48)57(80)44(14)30-31-91-37-47-28-26-25-27-29-47/h25-29,38-46,48-52,54-57,80H,24,30-37H2,1-23H3,(H,68,82)(H,69,81)(H,70,84)(H,71,83)/t44-,45+,46-,48+,49+,50+,51+,52+,54+,55+,56?,57-/m1/s1. The zero-order valence-electron chi connectivity index (χ0n) is 59.1.